The SMILES string of the molecule is CC(=CC(=O)NCC1(c2ccccc2)CC1)c1ccccc1. The van der Waals surface area contributed by atoms with Gasteiger partial charge in [0.15, 0.2) is 0 Å². The van der Waals surface area contributed by atoms with Crippen molar-refractivity contribution in [2.24, 2.45) is 0 Å². The van der Waals surface area contributed by atoms with Crippen molar-refractivity contribution in [3.05, 3.63) is 77.9 Å². The largest absolute Gasteiger partial charge is 0.352 e. The molecular weight excluding hydrogens is 270 g/mol. The molecule has 0 bridgehead atoms. The Morgan fingerprint density at radius 3 is 2.23 bits per heavy atom. The summed E-state index contributed by atoms with van der Waals surface area (Å²) in [6.07, 6.45) is 3.99. The predicted octanol–water partition coefficient (Wildman–Crippen LogP) is 3.94. The standard InChI is InChI=1S/C20H21NO/c1-16(17-8-4-2-5-9-17)14-19(22)21-15-20(12-13-20)18-10-6-3-7-11-18/h2-11,14H,12-13,15H2,1H3,(H,21,22). The molecule has 0 saturated heterocycles. The Morgan fingerprint density at radius 2 is 1.64 bits per heavy atom. The van der Waals surface area contributed by atoms with Crippen LogP contribution in [0.25, 0.3) is 5.57 Å². The Balaban J connectivity index is 1.61. The monoisotopic (exact) mass is 291 g/mol. The number of carbonyl (C=O) groups excluding carboxylic acids is 1. The van der Waals surface area contributed by atoms with Crippen LogP contribution in [0.3, 0.4) is 0 Å². The third-order valence-electron chi connectivity index (χ3n) is 4.42. The molecule has 112 valence electrons. The van der Waals surface area contributed by atoms with Crippen LogP contribution >= 0.6 is 0 Å². The topological polar surface area (TPSA) is 29.1 Å². The van der Waals surface area contributed by atoms with Gasteiger partial charge in [0, 0.05) is 18.0 Å². The Bertz CT molecular complexity index is 669. The maximum Gasteiger partial charge on any atom is 0.244 e. The van der Waals surface area contributed by atoms with Crippen molar-refractivity contribution < 1.29 is 4.79 Å². The molecule has 1 saturated carbocycles. The second-order valence-electron chi connectivity index (χ2n) is 6.06. The van der Waals surface area contributed by atoms with Crippen LogP contribution in [0.4, 0.5) is 0 Å². The normalized spacial score (nSPS) is 16.1. The summed E-state index contributed by atoms with van der Waals surface area (Å²) in [7, 11) is 0. The van der Waals surface area contributed by atoms with Crippen molar-refractivity contribution >= 4 is 11.5 Å². The number of hydrogen-bond donors (Lipinski definition) is 1. The van der Waals surface area contributed by atoms with Crippen molar-refractivity contribution in [2.75, 3.05) is 6.54 Å². The van der Waals surface area contributed by atoms with Crippen molar-refractivity contribution in [1.29, 1.82) is 0 Å². The number of allylic oxidation sites excluding steroid dienone is 1. The minimum absolute atomic E-state index is 0.0106. The fraction of sp³-hybridized carbons (Fsp3) is 0.250. The Labute approximate surface area is 131 Å². The average Bonchev–Trinajstić information content (AvgIpc) is 3.36. The number of benzene rings is 2. The van der Waals surface area contributed by atoms with E-state index in [-0.39, 0.29) is 11.3 Å². The average molecular weight is 291 g/mol. The molecule has 1 amide bonds. The van der Waals surface area contributed by atoms with E-state index in [0.29, 0.717) is 6.54 Å². The Hall–Kier alpha value is -2.35. The van der Waals surface area contributed by atoms with Crippen LogP contribution in [0, 0.1) is 0 Å². The molecule has 0 aromatic heterocycles. The van der Waals surface area contributed by atoms with Crippen LogP contribution < -0.4 is 5.32 Å². The fourth-order valence-corrected chi connectivity index (χ4v) is 2.80. The number of amides is 1. The highest BCUT2D eigenvalue weighted by molar-refractivity contribution is 5.94. The zero-order valence-electron chi connectivity index (χ0n) is 12.9. The molecular formula is C20H21NO. The number of nitrogens with one attached hydrogen (secondary N) is 1. The first kappa shape index (κ1) is 14.6. The van der Waals surface area contributed by atoms with Crippen molar-refractivity contribution in [1.82, 2.24) is 5.32 Å². The van der Waals surface area contributed by atoms with Crippen molar-refractivity contribution in [3.63, 3.8) is 0 Å². The lowest BCUT2D eigenvalue weighted by Gasteiger charge is -2.16. The summed E-state index contributed by atoms with van der Waals surface area (Å²) in [6, 6.07) is 20.5. The highest BCUT2D eigenvalue weighted by Crippen LogP contribution is 2.47. The van der Waals surface area contributed by atoms with Gasteiger partial charge in [-0.05, 0) is 36.5 Å². The Morgan fingerprint density at radius 1 is 1.05 bits per heavy atom. The molecule has 1 fully saturated rings. The van der Waals surface area contributed by atoms with Crippen molar-refractivity contribution in [3.8, 4) is 0 Å². The summed E-state index contributed by atoms with van der Waals surface area (Å²) in [5.41, 5.74) is 3.56. The smallest absolute Gasteiger partial charge is 0.244 e. The van der Waals surface area contributed by atoms with Gasteiger partial charge in [-0.2, -0.15) is 0 Å². The summed E-state index contributed by atoms with van der Waals surface area (Å²) in [5, 5.41) is 3.07. The lowest BCUT2D eigenvalue weighted by Crippen LogP contribution is -2.31. The molecule has 0 aliphatic heterocycles. The number of carbonyl (C=O) groups is 1. The van der Waals surface area contributed by atoms with Gasteiger partial charge in [0.1, 0.15) is 0 Å². The summed E-state index contributed by atoms with van der Waals surface area (Å²) in [5.74, 6) is -0.0106. The molecule has 1 aliphatic rings. The van der Waals surface area contributed by atoms with Gasteiger partial charge in [-0.1, -0.05) is 60.7 Å². The summed E-state index contributed by atoms with van der Waals surface area (Å²) < 4.78 is 0. The summed E-state index contributed by atoms with van der Waals surface area (Å²) in [4.78, 5) is 12.1. The molecule has 2 nitrogen and oxygen atoms in total. The van der Waals surface area contributed by atoms with E-state index < -0.39 is 0 Å². The lowest BCUT2D eigenvalue weighted by molar-refractivity contribution is -0.116. The van der Waals surface area contributed by atoms with Crippen molar-refractivity contribution in [2.45, 2.75) is 25.2 Å². The number of hydrogen-bond acceptors (Lipinski definition) is 1. The Kier molecular flexibility index (Phi) is 4.10. The predicted molar refractivity (Wildman–Crippen MR) is 90.5 cm³/mol. The van der Waals surface area contributed by atoms with Gasteiger partial charge >= 0.3 is 0 Å². The van der Waals surface area contributed by atoms with Crippen LogP contribution in [0.5, 0.6) is 0 Å². The second kappa shape index (κ2) is 6.18. The van der Waals surface area contributed by atoms with Crippen LogP contribution in [0.15, 0.2) is 66.7 Å². The van der Waals surface area contributed by atoms with Gasteiger partial charge in [0.05, 0.1) is 0 Å². The maximum absolute atomic E-state index is 12.1. The molecule has 3 rings (SSSR count). The molecule has 0 atom stereocenters. The maximum atomic E-state index is 12.1. The van der Waals surface area contributed by atoms with E-state index >= 15 is 0 Å². The molecule has 1 N–H and O–H groups in total. The minimum Gasteiger partial charge on any atom is -0.352 e. The van der Waals surface area contributed by atoms with E-state index in [1.807, 2.05) is 43.3 Å². The summed E-state index contributed by atoms with van der Waals surface area (Å²) >= 11 is 0. The molecule has 2 heteroatoms. The van der Waals surface area contributed by atoms with E-state index in [9.17, 15) is 4.79 Å². The first-order valence-electron chi connectivity index (χ1n) is 7.77. The molecule has 0 radical (unpaired) electrons. The molecule has 2 aromatic carbocycles. The summed E-state index contributed by atoms with van der Waals surface area (Å²) in [6.45, 7) is 2.69. The molecule has 0 unspecified atom stereocenters. The third-order valence-corrected chi connectivity index (χ3v) is 4.42. The fourth-order valence-electron chi connectivity index (χ4n) is 2.80. The van der Waals surface area contributed by atoms with E-state index in [1.54, 1.807) is 6.08 Å². The van der Waals surface area contributed by atoms with Crippen LogP contribution in [0.1, 0.15) is 30.9 Å². The van der Waals surface area contributed by atoms with E-state index in [2.05, 4.69) is 29.6 Å². The van der Waals surface area contributed by atoms with Gasteiger partial charge in [0.25, 0.3) is 0 Å². The van der Waals surface area contributed by atoms with Gasteiger partial charge in [-0.15, -0.1) is 0 Å². The zero-order chi connectivity index (χ0) is 15.4. The first-order chi connectivity index (χ1) is 10.7. The quantitative estimate of drug-likeness (QED) is 0.831. The van der Waals surface area contributed by atoms with Crippen LogP contribution in [-0.2, 0) is 10.2 Å². The highest BCUT2D eigenvalue weighted by Gasteiger charge is 2.44. The molecule has 1 aliphatic carbocycles. The lowest BCUT2D eigenvalue weighted by atomic mass is 9.96. The zero-order valence-corrected chi connectivity index (χ0v) is 12.9. The second-order valence-corrected chi connectivity index (χ2v) is 6.06. The van der Waals surface area contributed by atoms with E-state index in [4.69, 9.17) is 0 Å². The minimum atomic E-state index is -0.0106. The van der Waals surface area contributed by atoms with Gasteiger partial charge in [-0.25, -0.2) is 0 Å². The van der Waals surface area contributed by atoms with Crippen LogP contribution in [0.2, 0.25) is 0 Å². The molecule has 0 heterocycles. The molecule has 2 aromatic rings. The van der Waals surface area contributed by atoms with Gasteiger partial charge < -0.3 is 5.32 Å². The van der Waals surface area contributed by atoms with E-state index in [0.717, 1.165) is 24.0 Å². The first-order valence-corrected chi connectivity index (χ1v) is 7.77. The van der Waals surface area contributed by atoms with Gasteiger partial charge in [0.2, 0.25) is 5.91 Å². The van der Waals surface area contributed by atoms with Gasteiger partial charge in [-0.3, -0.25) is 4.79 Å². The van der Waals surface area contributed by atoms with E-state index in [1.165, 1.54) is 5.56 Å². The molecule has 22 heavy (non-hydrogen) atoms. The molecule has 0 spiro atoms. The van der Waals surface area contributed by atoms with Crippen LogP contribution in [-0.4, -0.2) is 12.5 Å². The highest BCUT2D eigenvalue weighted by atomic mass is 16.1. The number of rotatable bonds is 5. The third kappa shape index (κ3) is 3.28.